The van der Waals surface area contributed by atoms with E-state index in [2.05, 4.69) is 67.7 Å². The highest BCUT2D eigenvalue weighted by Crippen LogP contribution is 2.36. The number of hydrogen-bond donors (Lipinski definition) is 0. The van der Waals surface area contributed by atoms with E-state index in [1.54, 1.807) is 0 Å². The van der Waals surface area contributed by atoms with Crippen LogP contribution >= 0.6 is 11.9 Å². The van der Waals surface area contributed by atoms with Gasteiger partial charge in [0, 0.05) is 11.4 Å². The van der Waals surface area contributed by atoms with E-state index in [1.807, 2.05) is 11.9 Å². The van der Waals surface area contributed by atoms with Crippen molar-refractivity contribution in [2.75, 3.05) is 7.05 Å². The Labute approximate surface area is 119 Å². The second-order valence-corrected chi connectivity index (χ2v) is 6.72. The molecule has 0 fully saturated rings. The highest BCUT2D eigenvalue weighted by molar-refractivity contribution is 7.97. The Balaban J connectivity index is 1.92. The minimum Gasteiger partial charge on any atom is -0.245 e. The summed E-state index contributed by atoms with van der Waals surface area (Å²) in [6, 6.07) is 15.8. The minimum absolute atomic E-state index is 0.596. The van der Waals surface area contributed by atoms with E-state index in [9.17, 15) is 0 Å². The number of fused-ring (bicyclic) bond motifs is 1. The fraction of sp³-hybridized carbons (Fsp3) is 0.294. The molecule has 2 heteroatoms. The van der Waals surface area contributed by atoms with Gasteiger partial charge in [0.2, 0.25) is 0 Å². The van der Waals surface area contributed by atoms with Gasteiger partial charge in [0.05, 0.1) is 0 Å². The number of benzene rings is 2. The monoisotopic (exact) mass is 269 g/mol. The molecule has 0 spiro atoms. The van der Waals surface area contributed by atoms with Gasteiger partial charge in [0.25, 0.3) is 0 Å². The summed E-state index contributed by atoms with van der Waals surface area (Å²) in [5.74, 6) is 0.596. The number of rotatable bonds is 2. The Hall–Kier alpha value is -1.25. The van der Waals surface area contributed by atoms with Crippen molar-refractivity contribution in [2.45, 2.75) is 31.2 Å². The Morgan fingerprint density at radius 2 is 1.68 bits per heavy atom. The van der Waals surface area contributed by atoms with Crippen LogP contribution in [0.1, 0.15) is 30.9 Å². The van der Waals surface area contributed by atoms with Gasteiger partial charge in [-0.2, -0.15) is 0 Å². The molecule has 2 aromatic rings. The van der Waals surface area contributed by atoms with Gasteiger partial charge in [0.1, 0.15) is 0 Å². The van der Waals surface area contributed by atoms with Crippen LogP contribution in [-0.2, 0) is 6.54 Å². The molecule has 1 aliphatic heterocycles. The summed E-state index contributed by atoms with van der Waals surface area (Å²) < 4.78 is 2.27. The first kappa shape index (κ1) is 12.8. The maximum atomic E-state index is 2.33. The van der Waals surface area contributed by atoms with Crippen LogP contribution in [0.4, 0.5) is 0 Å². The Bertz CT molecular complexity index is 587. The van der Waals surface area contributed by atoms with Gasteiger partial charge in [-0.3, -0.25) is 0 Å². The molecule has 0 unspecified atom stereocenters. The van der Waals surface area contributed by atoms with Crippen molar-refractivity contribution in [1.29, 1.82) is 0 Å². The largest absolute Gasteiger partial charge is 0.245 e. The van der Waals surface area contributed by atoms with Crippen molar-refractivity contribution in [3.05, 3.63) is 53.6 Å². The van der Waals surface area contributed by atoms with E-state index >= 15 is 0 Å². The molecule has 0 saturated heterocycles. The first-order chi connectivity index (χ1) is 9.13. The van der Waals surface area contributed by atoms with Gasteiger partial charge in [-0.05, 0) is 59.3 Å². The third kappa shape index (κ3) is 2.56. The van der Waals surface area contributed by atoms with Crippen molar-refractivity contribution in [3.8, 4) is 11.1 Å². The van der Waals surface area contributed by atoms with Crippen LogP contribution in [0.5, 0.6) is 0 Å². The molecule has 19 heavy (non-hydrogen) atoms. The van der Waals surface area contributed by atoms with Crippen molar-refractivity contribution in [2.24, 2.45) is 0 Å². The normalized spacial score (nSPS) is 14.9. The minimum atomic E-state index is 0.596. The molecule has 0 aliphatic carbocycles. The van der Waals surface area contributed by atoms with Crippen LogP contribution in [0.2, 0.25) is 0 Å². The fourth-order valence-electron chi connectivity index (χ4n) is 2.47. The molecule has 0 amide bonds. The fourth-order valence-corrected chi connectivity index (χ4v) is 3.38. The summed E-state index contributed by atoms with van der Waals surface area (Å²) in [6.45, 7) is 5.51. The molecule has 1 nitrogen and oxygen atoms in total. The molecular weight excluding hydrogens is 250 g/mol. The first-order valence-electron chi connectivity index (χ1n) is 6.76. The Morgan fingerprint density at radius 1 is 1.00 bits per heavy atom. The highest BCUT2D eigenvalue weighted by atomic mass is 32.2. The third-order valence-electron chi connectivity index (χ3n) is 3.62. The zero-order valence-electron chi connectivity index (χ0n) is 11.7. The molecule has 0 saturated carbocycles. The molecule has 0 radical (unpaired) electrons. The predicted molar refractivity (Wildman–Crippen MR) is 83.3 cm³/mol. The summed E-state index contributed by atoms with van der Waals surface area (Å²) in [6.07, 6.45) is 0. The maximum Gasteiger partial charge on any atom is 0.0352 e. The van der Waals surface area contributed by atoms with E-state index in [-0.39, 0.29) is 0 Å². The number of nitrogens with zero attached hydrogens (tertiary/aromatic N) is 1. The molecule has 0 atom stereocenters. The maximum absolute atomic E-state index is 2.33. The standard InChI is InChI=1S/C17H19NS/c1-12(2)13-4-6-14(7-5-13)15-8-9-17-16(10-15)11-18(3)19-17/h4-10,12H,11H2,1-3H3. The molecule has 3 rings (SSSR count). The average molecular weight is 269 g/mol. The van der Waals surface area contributed by atoms with E-state index in [4.69, 9.17) is 0 Å². The summed E-state index contributed by atoms with van der Waals surface area (Å²) in [5.41, 5.74) is 5.48. The van der Waals surface area contributed by atoms with Crippen LogP contribution in [0.3, 0.4) is 0 Å². The van der Waals surface area contributed by atoms with Gasteiger partial charge in [-0.25, -0.2) is 4.31 Å². The third-order valence-corrected chi connectivity index (χ3v) is 4.65. The second-order valence-electron chi connectivity index (χ2n) is 5.48. The lowest BCUT2D eigenvalue weighted by Gasteiger charge is -2.08. The highest BCUT2D eigenvalue weighted by Gasteiger charge is 2.16. The van der Waals surface area contributed by atoms with Crippen molar-refractivity contribution in [1.82, 2.24) is 4.31 Å². The summed E-state index contributed by atoms with van der Waals surface area (Å²) in [4.78, 5) is 1.39. The molecule has 0 N–H and O–H groups in total. The lowest BCUT2D eigenvalue weighted by atomic mass is 9.98. The van der Waals surface area contributed by atoms with E-state index in [0.29, 0.717) is 5.92 Å². The van der Waals surface area contributed by atoms with Gasteiger partial charge in [0.15, 0.2) is 0 Å². The topological polar surface area (TPSA) is 3.24 Å². The molecule has 1 aliphatic rings. The molecular formula is C17H19NS. The van der Waals surface area contributed by atoms with Gasteiger partial charge in [-0.1, -0.05) is 44.2 Å². The summed E-state index contributed by atoms with van der Waals surface area (Å²) in [5, 5.41) is 0. The van der Waals surface area contributed by atoms with E-state index in [1.165, 1.54) is 27.1 Å². The van der Waals surface area contributed by atoms with Gasteiger partial charge < -0.3 is 0 Å². The van der Waals surface area contributed by atoms with Crippen molar-refractivity contribution in [3.63, 3.8) is 0 Å². The summed E-state index contributed by atoms with van der Waals surface area (Å²) in [7, 11) is 2.14. The van der Waals surface area contributed by atoms with Crippen LogP contribution in [0.25, 0.3) is 11.1 Å². The average Bonchev–Trinajstić information content (AvgIpc) is 2.77. The predicted octanol–water partition coefficient (Wildman–Crippen LogP) is 4.93. The quantitative estimate of drug-likeness (QED) is 0.711. The Morgan fingerprint density at radius 3 is 2.37 bits per heavy atom. The van der Waals surface area contributed by atoms with E-state index in [0.717, 1.165) is 6.54 Å². The van der Waals surface area contributed by atoms with Crippen LogP contribution in [0.15, 0.2) is 47.4 Å². The van der Waals surface area contributed by atoms with Crippen LogP contribution < -0.4 is 0 Å². The first-order valence-corrected chi connectivity index (χ1v) is 7.53. The van der Waals surface area contributed by atoms with E-state index < -0.39 is 0 Å². The molecule has 0 bridgehead atoms. The van der Waals surface area contributed by atoms with Gasteiger partial charge >= 0.3 is 0 Å². The van der Waals surface area contributed by atoms with Gasteiger partial charge in [-0.15, -0.1) is 0 Å². The molecule has 98 valence electrons. The lowest BCUT2D eigenvalue weighted by Crippen LogP contribution is -1.99. The summed E-state index contributed by atoms with van der Waals surface area (Å²) >= 11 is 1.83. The van der Waals surface area contributed by atoms with Crippen molar-refractivity contribution < 1.29 is 0 Å². The van der Waals surface area contributed by atoms with Crippen LogP contribution in [-0.4, -0.2) is 11.4 Å². The second kappa shape index (κ2) is 5.03. The molecule has 1 heterocycles. The number of hydrogen-bond acceptors (Lipinski definition) is 2. The SMILES string of the molecule is CC(C)c1ccc(-c2ccc3c(c2)CN(C)S3)cc1. The van der Waals surface area contributed by atoms with Crippen LogP contribution in [0, 0.1) is 0 Å². The molecule has 2 aromatic carbocycles. The van der Waals surface area contributed by atoms with Crippen molar-refractivity contribution >= 4 is 11.9 Å². The molecule has 0 aromatic heterocycles. The smallest absolute Gasteiger partial charge is 0.0352 e. The lowest BCUT2D eigenvalue weighted by molar-refractivity contribution is 0.581. The zero-order valence-corrected chi connectivity index (χ0v) is 12.5. The Kier molecular flexibility index (Phi) is 3.38. The zero-order chi connectivity index (χ0) is 13.4.